The maximum Gasteiger partial charge on any atom is 0.277 e. The number of aromatic nitrogens is 1. The maximum atomic E-state index is 12.0. The zero-order valence-corrected chi connectivity index (χ0v) is 11.9. The smallest absolute Gasteiger partial charge is 0.277 e. The number of rotatable bonds is 5. The van der Waals surface area contributed by atoms with Gasteiger partial charge in [-0.15, -0.1) is 0 Å². The van der Waals surface area contributed by atoms with E-state index >= 15 is 0 Å². The lowest BCUT2D eigenvalue weighted by Gasteiger charge is -2.09. The van der Waals surface area contributed by atoms with E-state index in [0.717, 1.165) is 17.8 Å². The molecule has 0 saturated heterocycles. The molecule has 0 aliphatic heterocycles. The fourth-order valence-corrected chi connectivity index (χ4v) is 1.75. The van der Waals surface area contributed by atoms with Crippen molar-refractivity contribution < 1.29 is 9.32 Å². The summed E-state index contributed by atoms with van der Waals surface area (Å²) in [5.74, 6) is 0.348. The van der Waals surface area contributed by atoms with Crippen LogP contribution in [0, 0.1) is 6.92 Å². The Hall–Kier alpha value is -2.14. The van der Waals surface area contributed by atoms with Gasteiger partial charge in [-0.05, 0) is 24.6 Å². The highest BCUT2D eigenvalue weighted by atomic mass is 16.5. The molecular weight excluding hydrogens is 254 g/mol. The first-order valence-corrected chi connectivity index (χ1v) is 6.61. The third kappa shape index (κ3) is 3.93. The zero-order valence-electron chi connectivity index (χ0n) is 11.9. The van der Waals surface area contributed by atoms with Crippen LogP contribution in [0.3, 0.4) is 0 Å². The van der Waals surface area contributed by atoms with E-state index in [9.17, 15) is 4.79 Å². The van der Waals surface area contributed by atoms with E-state index in [1.807, 2.05) is 24.3 Å². The minimum atomic E-state index is -0.268. The van der Waals surface area contributed by atoms with Gasteiger partial charge in [-0.3, -0.25) is 4.79 Å². The third-order valence-electron chi connectivity index (χ3n) is 2.76. The standard InChI is InChI=1S/C15H19N3O2/c1-10(2)16-9-12-5-4-6-13(8-12)17-15(19)14-7-11(3)20-18-14/h4-8,10,16H,9H2,1-3H3,(H,17,19). The van der Waals surface area contributed by atoms with Crippen LogP contribution in [0.2, 0.25) is 0 Å². The van der Waals surface area contributed by atoms with E-state index in [4.69, 9.17) is 4.52 Å². The van der Waals surface area contributed by atoms with Crippen molar-refractivity contribution in [1.82, 2.24) is 10.5 Å². The molecule has 5 heteroatoms. The van der Waals surface area contributed by atoms with Crippen LogP contribution in [-0.2, 0) is 6.54 Å². The molecule has 0 bridgehead atoms. The molecule has 1 amide bonds. The lowest BCUT2D eigenvalue weighted by atomic mass is 10.2. The Morgan fingerprint density at radius 2 is 2.15 bits per heavy atom. The Bertz CT molecular complexity index is 590. The highest BCUT2D eigenvalue weighted by Crippen LogP contribution is 2.12. The van der Waals surface area contributed by atoms with Crippen LogP contribution in [0.15, 0.2) is 34.9 Å². The van der Waals surface area contributed by atoms with Crippen molar-refractivity contribution in [3.05, 3.63) is 47.3 Å². The van der Waals surface area contributed by atoms with Crippen LogP contribution < -0.4 is 10.6 Å². The highest BCUT2D eigenvalue weighted by molar-refractivity contribution is 6.02. The molecule has 20 heavy (non-hydrogen) atoms. The Balaban J connectivity index is 2.02. The first-order chi connectivity index (χ1) is 9.54. The molecule has 0 spiro atoms. The van der Waals surface area contributed by atoms with Crippen molar-refractivity contribution in [2.45, 2.75) is 33.4 Å². The van der Waals surface area contributed by atoms with Gasteiger partial charge in [-0.25, -0.2) is 0 Å². The van der Waals surface area contributed by atoms with E-state index in [-0.39, 0.29) is 11.6 Å². The van der Waals surface area contributed by atoms with Gasteiger partial charge < -0.3 is 15.2 Å². The number of nitrogens with one attached hydrogen (secondary N) is 2. The van der Waals surface area contributed by atoms with Gasteiger partial charge in [0.05, 0.1) is 0 Å². The summed E-state index contributed by atoms with van der Waals surface area (Å²) in [6.07, 6.45) is 0. The predicted octanol–water partition coefficient (Wildman–Crippen LogP) is 2.73. The molecule has 0 unspecified atom stereocenters. The first kappa shape index (κ1) is 14.3. The summed E-state index contributed by atoms with van der Waals surface area (Å²) in [5, 5.41) is 9.84. The van der Waals surface area contributed by atoms with Gasteiger partial charge in [0, 0.05) is 24.3 Å². The Morgan fingerprint density at radius 1 is 1.35 bits per heavy atom. The highest BCUT2D eigenvalue weighted by Gasteiger charge is 2.11. The van der Waals surface area contributed by atoms with Gasteiger partial charge in [0.25, 0.3) is 5.91 Å². The van der Waals surface area contributed by atoms with Crippen LogP contribution in [0.4, 0.5) is 5.69 Å². The van der Waals surface area contributed by atoms with Crippen LogP contribution in [0.5, 0.6) is 0 Å². The van der Waals surface area contributed by atoms with Crippen molar-refractivity contribution in [3.8, 4) is 0 Å². The number of benzene rings is 1. The summed E-state index contributed by atoms with van der Waals surface area (Å²) in [7, 11) is 0. The first-order valence-electron chi connectivity index (χ1n) is 6.61. The third-order valence-corrected chi connectivity index (χ3v) is 2.76. The molecule has 0 saturated carbocycles. The summed E-state index contributed by atoms with van der Waals surface area (Å²) in [5.41, 5.74) is 2.15. The van der Waals surface area contributed by atoms with Crippen LogP contribution in [0.25, 0.3) is 0 Å². The molecule has 1 aromatic heterocycles. The molecule has 2 aromatic rings. The van der Waals surface area contributed by atoms with Gasteiger partial charge in [0.15, 0.2) is 5.69 Å². The Labute approximate surface area is 118 Å². The number of hydrogen-bond donors (Lipinski definition) is 2. The molecule has 5 nitrogen and oxygen atoms in total. The number of carbonyl (C=O) groups excluding carboxylic acids is 1. The summed E-state index contributed by atoms with van der Waals surface area (Å²) < 4.78 is 4.89. The lowest BCUT2D eigenvalue weighted by molar-refractivity contribution is 0.101. The minimum Gasteiger partial charge on any atom is -0.361 e. The van der Waals surface area contributed by atoms with Gasteiger partial charge in [0.2, 0.25) is 0 Å². The molecule has 0 aliphatic rings. The van der Waals surface area contributed by atoms with Crippen molar-refractivity contribution in [3.63, 3.8) is 0 Å². The van der Waals surface area contributed by atoms with Crippen LogP contribution in [-0.4, -0.2) is 17.1 Å². The quantitative estimate of drug-likeness (QED) is 0.879. The number of aryl methyl sites for hydroxylation is 1. The molecule has 0 atom stereocenters. The molecule has 2 N–H and O–H groups in total. The average molecular weight is 273 g/mol. The maximum absolute atomic E-state index is 12.0. The van der Waals surface area contributed by atoms with Gasteiger partial charge in [0.1, 0.15) is 5.76 Å². The number of carbonyl (C=O) groups is 1. The molecule has 2 rings (SSSR count). The fraction of sp³-hybridized carbons (Fsp3) is 0.333. The largest absolute Gasteiger partial charge is 0.361 e. The summed E-state index contributed by atoms with van der Waals surface area (Å²) in [6.45, 7) is 6.71. The van der Waals surface area contributed by atoms with E-state index in [2.05, 4.69) is 29.6 Å². The SMILES string of the molecule is Cc1cc(C(=O)Nc2cccc(CNC(C)C)c2)no1. The normalized spacial score (nSPS) is 10.8. The Kier molecular flexibility index (Phi) is 4.53. The molecule has 1 heterocycles. The number of amides is 1. The number of hydrogen-bond acceptors (Lipinski definition) is 4. The summed E-state index contributed by atoms with van der Waals surface area (Å²) in [4.78, 5) is 12.0. The van der Waals surface area contributed by atoms with Crippen molar-refractivity contribution in [2.24, 2.45) is 0 Å². The van der Waals surface area contributed by atoms with Crippen molar-refractivity contribution in [2.75, 3.05) is 5.32 Å². The monoisotopic (exact) mass is 273 g/mol. The van der Waals surface area contributed by atoms with E-state index in [1.54, 1.807) is 13.0 Å². The topological polar surface area (TPSA) is 67.2 Å². The molecule has 0 radical (unpaired) electrons. The van der Waals surface area contributed by atoms with Gasteiger partial charge in [-0.2, -0.15) is 0 Å². The molecule has 106 valence electrons. The molecule has 1 aromatic carbocycles. The molecular formula is C15H19N3O2. The van der Waals surface area contributed by atoms with E-state index in [1.165, 1.54) is 0 Å². The van der Waals surface area contributed by atoms with Gasteiger partial charge >= 0.3 is 0 Å². The zero-order chi connectivity index (χ0) is 14.5. The van der Waals surface area contributed by atoms with Crippen molar-refractivity contribution in [1.29, 1.82) is 0 Å². The lowest BCUT2D eigenvalue weighted by Crippen LogP contribution is -2.21. The summed E-state index contributed by atoms with van der Waals surface area (Å²) >= 11 is 0. The molecule has 0 fully saturated rings. The van der Waals surface area contributed by atoms with Crippen LogP contribution >= 0.6 is 0 Å². The van der Waals surface area contributed by atoms with Crippen molar-refractivity contribution >= 4 is 11.6 Å². The average Bonchev–Trinajstić information content (AvgIpc) is 2.84. The van der Waals surface area contributed by atoms with Crippen LogP contribution in [0.1, 0.15) is 35.7 Å². The summed E-state index contributed by atoms with van der Waals surface area (Å²) in [6, 6.07) is 9.77. The minimum absolute atomic E-state index is 0.268. The van der Waals surface area contributed by atoms with E-state index < -0.39 is 0 Å². The second kappa shape index (κ2) is 6.34. The fourth-order valence-electron chi connectivity index (χ4n) is 1.75. The predicted molar refractivity (Wildman–Crippen MR) is 77.6 cm³/mol. The Morgan fingerprint density at radius 3 is 2.80 bits per heavy atom. The number of anilines is 1. The second-order valence-corrected chi connectivity index (χ2v) is 5.01. The molecule has 0 aliphatic carbocycles. The number of nitrogens with zero attached hydrogens (tertiary/aromatic N) is 1. The van der Waals surface area contributed by atoms with E-state index in [0.29, 0.717) is 11.8 Å². The van der Waals surface area contributed by atoms with Gasteiger partial charge in [-0.1, -0.05) is 31.1 Å². The second-order valence-electron chi connectivity index (χ2n) is 5.01.